The second kappa shape index (κ2) is 6.53. The minimum Gasteiger partial charge on any atom is -0.368 e. The number of amides is 2. The second-order valence-electron chi connectivity index (χ2n) is 4.69. The molecule has 1 aromatic rings. The normalized spacial score (nSPS) is 14.2. The first-order valence-corrected chi connectivity index (χ1v) is 6.81. The molecule has 114 valence electrons. The van der Waals surface area contributed by atoms with Crippen LogP contribution in [-0.2, 0) is 9.59 Å². The molecule has 2 rings (SSSR count). The minimum absolute atomic E-state index is 0.0131. The van der Waals surface area contributed by atoms with Gasteiger partial charge in [0.1, 0.15) is 13.1 Å². The Balaban J connectivity index is 2.29. The average Bonchev–Trinajstić information content (AvgIpc) is 2.90. The third-order valence-electron chi connectivity index (χ3n) is 2.95. The Morgan fingerprint density at radius 3 is 2.19 bits per heavy atom. The molecule has 1 fully saturated rings. The number of carbonyl (C=O) groups excluding carboxylic acids is 2. The monoisotopic (exact) mass is 313 g/mol. The van der Waals surface area contributed by atoms with Crippen molar-refractivity contribution in [1.82, 2.24) is 15.0 Å². The molecule has 1 aromatic heterocycles. The molecule has 0 saturated carbocycles. The molecule has 0 unspecified atom stereocenters. The molecule has 2 amide bonds. The third kappa shape index (κ3) is 4.15. The number of anilines is 2. The summed E-state index contributed by atoms with van der Waals surface area (Å²) in [7, 11) is 0. The Morgan fingerprint density at radius 1 is 1.10 bits per heavy atom. The quantitative estimate of drug-likeness (QED) is 0.681. The summed E-state index contributed by atoms with van der Waals surface area (Å²) in [4.78, 5) is 37.7. The standard InChI is InChI=1S/C11H16ClN7O2/c12-9-15-10(18-3-1-2-4-18)17-11(16-9)19(5-7(13)20)6-8(14)21/h1-6H2,(H2,13,20)(H2,14,21). The van der Waals surface area contributed by atoms with Gasteiger partial charge in [0.05, 0.1) is 0 Å². The van der Waals surface area contributed by atoms with Gasteiger partial charge in [-0.25, -0.2) is 0 Å². The largest absolute Gasteiger partial charge is 0.368 e. The van der Waals surface area contributed by atoms with Crippen molar-refractivity contribution in [2.45, 2.75) is 12.8 Å². The molecule has 21 heavy (non-hydrogen) atoms. The van der Waals surface area contributed by atoms with E-state index in [1.54, 1.807) is 0 Å². The van der Waals surface area contributed by atoms with E-state index in [2.05, 4.69) is 15.0 Å². The molecule has 1 saturated heterocycles. The number of aromatic nitrogens is 3. The van der Waals surface area contributed by atoms with Crippen LogP contribution in [0.5, 0.6) is 0 Å². The second-order valence-corrected chi connectivity index (χ2v) is 5.03. The van der Waals surface area contributed by atoms with Gasteiger partial charge in [-0.05, 0) is 24.4 Å². The zero-order valence-corrected chi connectivity index (χ0v) is 12.1. The summed E-state index contributed by atoms with van der Waals surface area (Å²) in [6.45, 7) is 1.18. The fraction of sp³-hybridized carbons (Fsp3) is 0.545. The van der Waals surface area contributed by atoms with Gasteiger partial charge in [0, 0.05) is 13.1 Å². The highest BCUT2D eigenvalue weighted by molar-refractivity contribution is 6.28. The summed E-state index contributed by atoms with van der Waals surface area (Å²) in [5.74, 6) is -0.734. The summed E-state index contributed by atoms with van der Waals surface area (Å²) < 4.78 is 0. The van der Waals surface area contributed by atoms with Gasteiger partial charge in [0.15, 0.2) is 0 Å². The Morgan fingerprint density at radius 2 is 1.67 bits per heavy atom. The third-order valence-corrected chi connectivity index (χ3v) is 3.12. The smallest absolute Gasteiger partial charge is 0.237 e. The van der Waals surface area contributed by atoms with Crippen molar-refractivity contribution in [1.29, 1.82) is 0 Å². The summed E-state index contributed by atoms with van der Waals surface area (Å²) in [5, 5.41) is -0.0131. The van der Waals surface area contributed by atoms with Crippen LogP contribution in [0, 0.1) is 0 Å². The van der Waals surface area contributed by atoms with Crippen molar-refractivity contribution < 1.29 is 9.59 Å². The Kier molecular flexibility index (Phi) is 4.73. The SMILES string of the molecule is NC(=O)CN(CC(N)=O)c1nc(Cl)nc(N2CCCC2)n1. The molecule has 9 nitrogen and oxygen atoms in total. The number of nitrogens with zero attached hydrogens (tertiary/aromatic N) is 5. The number of carbonyl (C=O) groups is 2. The summed E-state index contributed by atoms with van der Waals surface area (Å²) >= 11 is 5.90. The lowest BCUT2D eigenvalue weighted by Crippen LogP contribution is -2.41. The summed E-state index contributed by atoms with van der Waals surface area (Å²) in [5.41, 5.74) is 10.3. The maximum absolute atomic E-state index is 11.1. The van der Waals surface area contributed by atoms with Gasteiger partial charge >= 0.3 is 0 Å². The first kappa shape index (κ1) is 15.2. The molecule has 1 aliphatic rings. The number of primary amides is 2. The predicted molar refractivity (Wildman–Crippen MR) is 76.9 cm³/mol. The van der Waals surface area contributed by atoms with Crippen LogP contribution in [0.25, 0.3) is 0 Å². The molecule has 10 heteroatoms. The van der Waals surface area contributed by atoms with Gasteiger partial charge in [-0.2, -0.15) is 15.0 Å². The van der Waals surface area contributed by atoms with Gasteiger partial charge in [0.25, 0.3) is 0 Å². The van der Waals surface area contributed by atoms with Crippen molar-refractivity contribution >= 4 is 35.3 Å². The molecule has 0 atom stereocenters. The van der Waals surface area contributed by atoms with Crippen LogP contribution in [0.4, 0.5) is 11.9 Å². The Labute approximate surface area is 126 Å². The van der Waals surface area contributed by atoms with Gasteiger partial charge in [0.2, 0.25) is 29.0 Å². The molecule has 4 N–H and O–H groups in total. The molecular weight excluding hydrogens is 298 g/mol. The van der Waals surface area contributed by atoms with E-state index in [-0.39, 0.29) is 24.3 Å². The molecule has 0 radical (unpaired) electrons. The van der Waals surface area contributed by atoms with E-state index >= 15 is 0 Å². The van der Waals surface area contributed by atoms with Crippen molar-refractivity contribution in [3.05, 3.63) is 5.28 Å². The van der Waals surface area contributed by atoms with E-state index in [0.717, 1.165) is 25.9 Å². The lowest BCUT2D eigenvalue weighted by Gasteiger charge is -2.21. The fourth-order valence-electron chi connectivity index (χ4n) is 2.10. The topological polar surface area (TPSA) is 131 Å². The lowest BCUT2D eigenvalue weighted by molar-refractivity contribution is -0.117. The molecule has 0 spiro atoms. The fourth-order valence-corrected chi connectivity index (χ4v) is 2.25. The van der Waals surface area contributed by atoms with Crippen LogP contribution < -0.4 is 21.3 Å². The van der Waals surface area contributed by atoms with Crippen LogP contribution in [0.2, 0.25) is 5.28 Å². The van der Waals surface area contributed by atoms with Crippen molar-refractivity contribution in [3.63, 3.8) is 0 Å². The zero-order chi connectivity index (χ0) is 15.4. The highest BCUT2D eigenvalue weighted by atomic mass is 35.5. The Bertz CT molecular complexity index is 531. The van der Waals surface area contributed by atoms with Gasteiger partial charge < -0.3 is 21.3 Å². The van der Waals surface area contributed by atoms with E-state index in [1.165, 1.54) is 4.90 Å². The first-order valence-electron chi connectivity index (χ1n) is 6.44. The lowest BCUT2D eigenvalue weighted by atomic mass is 10.4. The molecule has 0 aliphatic carbocycles. The van der Waals surface area contributed by atoms with Crippen molar-refractivity contribution in [2.75, 3.05) is 36.0 Å². The molecule has 2 heterocycles. The van der Waals surface area contributed by atoms with Crippen molar-refractivity contribution in [2.24, 2.45) is 11.5 Å². The van der Waals surface area contributed by atoms with Crippen LogP contribution in [-0.4, -0.2) is 52.9 Å². The Hall–Kier alpha value is -2.16. The maximum atomic E-state index is 11.1. The van der Waals surface area contributed by atoms with Crippen LogP contribution in [0.3, 0.4) is 0 Å². The molecule has 0 bridgehead atoms. The predicted octanol–water partition coefficient (Wildman–Crippen LogP) is -1.10. The first-order chi connectivity index (χ1) is 9.95. The van der Waals surface area contributed by atoms with E-state index in [4.69, 9.17) is 23.1 Å². The minimum atomic E-state index is -0.629. The van der Waals surface area contributed by atoms with E-state index < -0.39 is 11.8 Å². The van der Waals surface area contributed by atoms with Gasteiger partial charge in [-0.3, -0.25) is 9.59 Å². The van der Waals surface area contributed by atoms with E-state index in [0.29, 0.717) is 5.95 Å². The van der Waals surface area contributed by atoms with E-state index in [9.17, 15) is 9.59 Å². The van der Waals surface area contributed by atoms with Crippen LogP contribution in [0.1, 0.15) is 12.8 Å². The van der Waals surface area contributed by atoms with Crippen LogP contribution >= 0.6 is 11.6 Å². The van der Waals surface area contributed by atoms with Crippen LogP contribution in [0.15, 0.2) is 0 Å². The van der Waals surface area contributed by atoms with E-state index in [1.807, 2.05) is 4.90 Å². The highest BCUT2D eigenvalue weighted by Gasteiger charge is 2.21. The summed E-state index contributed by atoms with van der Waals surface area (Å²) in [6, 6.07) is 0. The number of rotatable bonds is 6. The highest BCUT2D eigenvalue weighted by Crippen LogP contribution is 2.20. The maximum Gasteiger partial charge on any atom is 0.237 e. The van der Waals surface area contributed by atoms with Crippen molar-refractivity contribution in [3.8, 4) is 0 Å². The zero-order valence-electron chi connectivity index (χ0n) is 11.3. The average molecular weight is 314 g/mol. The molecule has 1 aliphatic heterocycles. The number of halogens is 1. The van der Waals surface area contributed by atoms with Gasteiger partial charge in [-0.1, -0.05) is 0 Å². The number of nitrogens with two attached hydrogens (primary N) is 2. The summed E-state index contributed by atoms with van der Waals surface area (Å²) in [6.07, 6.45) is 2.09. The number of hydrogen-bond acceptors (Lipinski definition) is 7. The van der Waals surface area contributed by atoms with Gasteiger partial charge in [-0.15, -0.1) is 0 Å². The number of hydrogen-bond donors (Lipinski definition) is 2. The molecular formula is C11H16ClN7O2. The molecule has 0 aromatic carbocycles.